The SMILES string of the molecule is CC(C(=O)O)N1CC(C(=O)N2CCC(Cc3ccc4c(n3)CCCC4)CC2)C1. The third-order valence-electron chi connectivity index (χ3n) is 6.82. The molecule has 0 spiro atoms. The molecule has 152 valence electrons. The molecule has 2 fully saturated rings. The van der Waals surface area contributed by atoms with E-state index in [0.717, 1.165) is 38.8 Å². The summed E-state index contributed by atoms with van der Waals surface area (Å²) in [5, 5.41) is 9.06. The van der Waals surface area contributed by atoms with E-state index < -0.39 is 12.0 Å². The molecule has 3 heterocycles. The molecular formula is C22H31N3O3. The van der Waals surface area contributed by atoms with Crippen LogP contribution in [0.25, 0.3) is 0 Å². The number of likely N-dealkylation sites (tertiary alicyclic amines) is 2. The summed E-state index contributed by atoms with van der Waals surface area (Å²) < 4.78 is 0. The minimum Gasteiger partial charge on any atom is -0.480 e. The molecule has 1 unspecified atom stereocenters. The molecule has 6 heteroatoms. The largest absolute Gasteiger partial charge is 0.480 e. The molecule has 0 bridgehead atoms. The summed E-state index contributed by atoms with van der Waals surface area (Å²) in [5.74, 6) is -0.0366. The summed E-state index contributed by atoms with van der Waals surface area (Å²) in [6.07, 6.45) is 7.92. The van der Waals surface area contributed by atoms with Gasteiger partial charge in [0.15, 0.2) is 0 Å². The summed E-state index contributed by atoms with van der Waals surface area (Å²) in [7, 11) is 0. The zero-order valence-electron chi connectivity index (χ0n) is 16.8. The van der Waals surface area contributed by atoms with E-state index in [1.165, 1.54) is 36.2 Å². The van der Waals surface area contributed by atoms with E-state index in [2.05, 4.69) is 12.1 Å². The van der Waals surface area contributed by atoms with Crippen LogP contribution in [0.3, 0.4) is 0 Å². The van der Waals surface area contributed by atoms with Gasteiger partial charge < -0.3 is 10.0 Å². The maximum Gasteiger partial charge on any atom is 0.320 e. The van der Waals surface area contributed by atoms with Crippen molar-refractivity contribution >= 4 is 11.9 Å². The second-order valence-electron chi connectivity index (χ2n) is 8.75. The monoisotopic (exact) mass is 385 g/mol. The fourth-order valence-electron chi connectivity index (χ4n) is 4.79. The van der Waals surface area contributed by atoms with E-state index in [4.69, 9.17) is 10.1 Å². The highest BCUT2D eigenvalue weighted by molar-refractivity contribution is 5.81. The highest BCUT2D eigenvalue weighted by Gasteiger charge is 2.40. The summed E-state index contributed by atoms with van der Waals surface area (Å²) in [5.41, 5.74) is 3.95. The Balaban J connectivity index is 1.24. The molecule has 2 aliphatic heterocycles. The topological polar surface area (TPSA) is 73.7 Å². The summed E-state index contributed by atoms with van der Waals surface area (Å²) in [6.45, 7) is 4.47. The number of carbonyl (C=O) groups is 2. The van der Waals surface area contributed by atoms with E-state index >= 15 is 0 Å². The lowest BCUT2D eigenvalue weighted by Crippen LogP contribution is -2.59. The molecular weight excluding hydrogens is 354 g/mol. The van der Waals surface area contributed by atoms with Gasteiger partial charge in [-0.2, -0.15) is 0 Å². The van der Waals surface area contributed by atoms with E-state index in [0.29, 0.717) is 19.0 Å². The Kier molecular flexibility index (Phi) is 5.67. The average Bonchev–Trinajstić information content (AvgIpc) is 2.67. The zero-order chi connectivity index (χ0) is 19.7. The van der Waals surface area contributed by atoms with E-state index in [1.807, 2.05) is 9.80 Å². The van der Waals surface area contributed by atoms with Crippen molar-refractivity contribution in [3.63, 3.8) is 0 Å². The molecule has 2 saturated heterocycles. The molecule has 1 N–H and O–H groups in total. The number of hydrogen-bond donors (Lipinski definition) is 1. The first-order chi connectivity index (χ1) is 13.5. The van der Waals surface area contributed by atoms with Gasteiger partial charge in [-0.15, -0.1) is 0 Å². The number of carboxylic acid groups (broad SMARTS) is 1. The number of pyridine rings is 1. The second-order valence-corrected chi connectivity index (χ2v) is 8.75. The Labute approximate surface area is 166 Å². The number of amides is 1. The van der Waals surface area contributed by atoms with Gasteiger partial charge in [-0.05, 0) is 69.4 Å². The van der Waals surface area contributed by atoms with Gasteiger partial charge in [-0.25, -0.2) is 0 Å². The lowest BCUT2D eigenvalue weighted by Gasteiger charge is -2.43. The van der Waals surface area contributed by atoms with Crippen LogP contribution < -0.4 is 0 Å². The van der Waals surface area contributed by atoms with Crippen LogP contribution in [0, 0.1) is 11.8 Å². The van der Waals surface area contributed by atoms with Crippen molar-refractivity contribution in [1.82, 2.24) is 14.8 Å². The van der Waals surface area contributed by atoms with Crippen LogP contribution in [-0.4, -0.2) is 64.0 Å². The number of carboxylic acids is 1. The van der Waals surface area contributed by atoms with Gasteiger partial charge in [-0.3, -0.25) is 19.5 Å². The molecule has 1 atom stereocenters. The maximum atomic E-state index is 12.7. The summed E-state index contributed by atoms with van der Waals surface area (Å²) in [4.78, 5) is 32.5. The van der Waals surface area contributed by atoms with Gasteiger partial charge in [0, 0.05) is 37.6 Å². The number of fused-ring (bicyclic) bond motifs is 1. The van der Waals surface area contributed by atoms with Crippen molar-refractivity contribution in [2.75, 3.05) is 26.2 Å². The number of aryl methyl sites for hydroxylation is 2. The minimum absolute atomic E-state index is 0.0272. The molecule has 1 aromatic heterocycles. The predicted octanol–water partition coefficient (Wildman–Crippen LogP) is 2.15. The standard InChI is InChI=1S/C22H31N3O3/c1-15(22(27)28)25-13-18(14-25)21(26)24-10-8-16(9-11-24)12-19-7-6-17-4-2-3-5-20(17)23-19/h6-7,15-16,18H,2-5,8-14H2,1H3,(H,27,28). The molecule has 0 saturated carbocycles. The number of aromatic nitrogens is 1. The zero-order valence-corrected chi connectivity index (χ0v) is 16.8. The number of aliphatic carboxylic acids is 1. The maximum absolute atomic E-state index is 12.7. The van der Waals surface area contributed by atoms with Crippen molar-refractivity contribution in [1.29, 1.82) is 0 Å². The Bertz CT molecular complexity index is 737. The number of rotatable bonds is 5. The molecule has 1 aromatic rings. The van der Waals surface area contributed by atoms with Crippen LogP contribution in [0.1, 0.15) is 49.6 Å². The Hall–Kier alpha value is -1.95. The van der Waals surface area contributed by atoms with Crippen molar-refractivity contribution in [3.05, 3.63) is 29.1 Å². The highest BCUT2D eigenvalue weighted by atomic mass is 16.4. The summed E-state index contributed by atoms with van der Waals surface area (Å²) >= 11 is 0. The lowest BCUT2D eigenvalue weighted by atomic mass is 9.89. The van der Waals surface area contributed by atoms with Crippen molar-refractivity contribution < 1.29 is 14.7 Å². The molecule has 1 aliphatic carbocycles. The van der Waals surface area contributed by atoms with E-state index in [-0.39, 0.29) is 11.8 Å². The molecule has 4 rings (SSSR count). The van der Waals surface area contributed by atoms with Gasteiger partial charge >= 0.3 is 5.97 Å². The molecule has 1 amide bonds. The van der Waals surface area contributed by atoms with Gasteiger partial charge in [0.2, 0.25) is 5.91 Å². The van der Waals surface area contributed by atoms with Crippen LogP contribution >= 0.6 is 0 Å². The van der Waals surface area contributed by atoms with Gasteiger partial charge in [0.25, 0.3) is 0 Å². The van der Waals surface area contributed by atoms with E-state index in [9.17, 15) is 9.59 Å². The first-order valence-electron chi connectivity index (χ1n) is 10.7. The molecule has 0 radical (unpaired) electrons. The first kappa shape index (κ1) is 19.4. The first-order valence-corrected chi connectivity index (χ1v) is 10.7. The third kappa shape index (κ3) is 4.07. The average molecular weight is 386 g/mol. The minimum atomic E-state index is -0.817. The van der Waals surface area contributed by atoms with Gasteiger partial charge in [0.05, 0.1) is 5.92 Å². The quantitative estimate of drug-likeness (QED) is 0.841. The molecule has 3 aliphatic rings. The Morgan fingerprint density at radius 2 is 1.89 bits per heavy atom. The van der Waals surface area contributed by atoms with Crippen LogP contribution in [0.15, 0.2) is 12.1 Å². The Morgan fingerprint density at radius 1 is 1.18 bits per heavy atom. The van der Waals surface area contributed by atoms with Crippen LogP contribution in [-0.2, 0) is 28.9 Å². The highest BCUT2D eigenvalue weighted by Crippen LogP contribution is 2.27. The number of nitrogens with zero attached hydrogens (tertiary/aromatic N) is 3. The number of carbonyl (C=O) groups excluding carboxylic acids is 1. The third-order valence-corrected chi connectivity index (χ3v) is 6.82. The van der Waals surface area contributed by atoms with Crippen molar-refractivity contribution in [2.45, 2.75) is 57.9 Å². The molecule has 28 heavy (non-hydrogen) atoms. The molecule has 0 aromatic carbocycles. The molecule has 6 nitrogen and oxygen atoms in total. The van der Waals surface area contributed by atoms with Gasteiger partial charge in [0.1, 0.15) is 6.04 Å². The van der Waals surface area contributed by atoms with Crippen LogP contribution in [0.4, 0.5) is 0 Å². The van der Waals surface area contributed by atoms with Crippen LogP contribution in [0.2, 0.25) is 0 Å². The van der Waals surface area contributed by atoms with E-state index in [1.54, 1.807) is 6.92 Å². The van der Waals surface area contributed by atoms with Gasteiger partial charge in [-0.1, -0.05) is 6.07 Å². The number of hydrogen-bond acceptors (Lipinski definition) is 4. The fraction of sp³-hybridized carbons (Fsp3) is 0.682. The lowest BCUT2D eigenvalue weighted by molar-refractivity contribution is -0.152. The fourth-order valence-corrected chi connectivity index (χ4v) is 4.79. The summed E-state index contributed by atoms with van der Waals surface area (Å²) in [6, 6.07) is 3.98. The van der Waals surface area contributed by atoms with Crippen molar-refractivity contribution in [2.24, 2.45) is 11.8 Å². The van der Waals surface area contributed by atoms with Crippen LogP contribution in [0.5, 0.6) is 0 Å². The Morgan fingerprint density at radius 3 is 2.61 bits per heavy atom. The van der Waals surface area contributed by atoms with Crippen molar-refractivity contribution in [3.8, 4) is 0 Å². The normalized spacial score (nSPS) is 22.4. The number of piperidine rings is 1. The second kappa shape index (κ2) is 8.19. The smallest absolute Gasteiger partial charge is 0.320 e. The predicted molar refractivity (Wildman–Crippen MR) is 106 cm³/mol.